The van der Waals surface area contributed by atoms with Gasteiger partial charge in [0, 0.05) is 19.8 Å². The van der Waals surface area contributed by atoms with Crippen LogP contribution in [-0.2, 0) is 11.0 Å². The molecule has 0 saturated heterocycles. The minimum absolute atomic E-state index is 0.0794. The maximum absolute atomic E-state index is 12.3. The van der Waals surface area contributed by atoms with Crippen LogP contribution in [0.1, 0.15) is 12.5 Å². The molecule has 0 aliphatic carbocycles. The van der Waals surface area contributed by atoms with Crippen molar-refractivity contribution in [1.29, 1.82) is 0 Å². The summed E-state index contributed by atoms with van der Waals surface area (Å²) < 4.78 is 36.8. The van der Waals surface area contributed by atoms with Gasteiger partial charge in [-0.1, -0.05) is 11.8 Å². The van der Waals surface area contributed by atoms with Gasteiger partial charge in [0.05, 0.1) is 16.3 Å². The van der Waals surface area contributed by atoms with Gasteiger partial charge in [-0.2, -0.15) is 13.2 Å². The van der Waals surface area contributed by atoms with Crippen molar-refractivity contribution in [3.05, 3.63) is 23.9 Å². The van der Waals surface area contributed by atoms with Crippen molar-refractivity contribution < 1.29 is 18.0 Å². The van der Waals surface area contributed by atoms with Crippen molar-refractivity contribution in [2.24, 2.45) is 0 Å². The number of carbonyl (C=O) groups is 1. The molecule has 1 heterocycles. The largest absolute Gasteiger partial charge is 0.417 e. The molecule has 0 aromatic carbocycles. The number of amides is 1. The van der Waals surface area contributed by atoms with Crippen LogP contribution in [0.5, 0.6) is 0 Å². The Bertz CT molecular complexity index is 406. The van der Waals surface area contributed by atoms with Crippen LogP contribution in [0.2, 0.25) is 0 Å². The third kappa shape index (κ3) is 4.21. The summed E-state index contributed by atoms with van der Waals surface area (Å²) in [4.78, 5) is 16.7. The summed E-state index contributed by atoms with van der Waals surface area (Å²) in [7, 11) is 1.67. The van der Waals surface area contributed by atoms with Gasteiger partial charge in [0.2, 0.25) is 5.91 Å². The second-order valence-electron chi connectivity index (χ2n) is 3.58. The summed E-state index contributed by atoms with van der Waals surface area (Å²) in [5.74, 6) is 0.0899. The number of nitrogens with zero attached hydrogens (tertiary/aromatic N) is 2. The SMILES string of the molecule is CCN(C)C(=O)CSc1ccc(C(F)(F)F)cn1. The van der Waals surface area contributed by atoms with Gasteiger partial charge in [-0.3, -0.25) is 4.79 Å². The van der Waals surface area contributed by atoms with Crippen molar-refractivity contribution in [2.75, 3.05) is 19.3 Å². The number of hydrogen-bond acceptors (Lipinski definition) is 3. The summed E-state index contributed by atoms with van der Waals surface area (Å²) >= 11 is 1.12. The van der Waals surface area contributed by atoms with E-state index in [2.05, 4.69) is 4.98 Å². The molecule has 0 unspecified atom stereocenters. The molecule has 0 aliphatic heterocycles. The molecule has 18 heavy (non-hydrogen) atoms. The molecule has 100 valence electrons. The third-order valence-electron chi connectivity index (χ3n) is 2.31. The van der Waals surface area contributed by atoms with Crippen molar-refractivity contribution in [2.45, 2.75) is 18.1 Å². The second kappa shape index (κ2) is 6.08. The van der Waals surface area contributed by atoms with E-state index in [1.165, 1.54) is 11.0 Å². The van der Waals surface area contributed by atoms with Crippen LogP contribution in [0.25, 0.3) is 0 Å². The molecular weight excluding hydrogens is 265 g/mol. The van der Waals surface area contributed by atoms with E-state index in [4.69, 9.17) is 0 Å². The zero-order valence-electron chi connectivity index (χ0n) is 9.99. The molecule has 0 aliphatic rings. The summed E-state index contributed by atoms with van der Waals surface area (Å²) in [5.41, 5.74) is -0.788. The van der Waals surface area contributed by atoms with E-state index in [0.717, 1.165) is 24.0 Å². The van der Waals surface area contributed by atoms with Crippen LogP contribution in [0.4, 0.5) is 13.2 Å². The lowest BCUT2D eigenvalue weighted by Gasteiger charge is -2.13. The number of aromatic nitrogens is 1. The Hall–Kier alpha value is -1.24. The van der Waals surface area contributed by atoms with Crippen molar-refractivity contribution in [1.82, 2.24) is 9.88 Å². The van der Waals surface area contributed by atoms with Gasteiger partial charge in [-0.15, -0.1) is 0 Å². The molecule has 0 atom stereocenters. The average Bonchev–Trinajstić information content (AvgIpc) is 2.34. The minimum Gasteiger partial charge on any atom is -0.345 e. The molecule has 0 fully saturated rings. The van der Waals surface area contributed by atoms with E-state index in [1.807, 2.05) is 6.92 Å². The highest BCUT2D eigenvalue weighted by atomic mass is 32.2. The highest BCUT2D eigenvalue weighted by Gasteiger charge is 2.30. The minimum atomic E-state index is -4.38. The molecule has 0 bridgehead atoms. The van der Waals surface area contributed by atoms with Gasteiger partial charge in [-0.25, -0.2) is 4.98 Å². The molecular formula is C11H13F3N2OS. The van der Waals surface area contributed by atoms with Crippen LogP contribution >= 0.6 is 11.8 Å². The fourth-order valence-corrected chi connectivity index (χ4v) is 1.84. The van der Waals surface area contributed by atoms with Gasteiger partial charge < -0.3 is 4.90 Å². The summed E-state index contributed by atoms with van der Waals surface area (Å²) in [6.45, 7) is 2.44. The monoisotopic (exact) mass is 278 g/mol. The molecule has 1 amide bonds. The normalized spacial score (nSPS) is 11.4. The predicted octanol–water partition coefficient (Wildman–Crippen LogP) is 2.67. The standard InChI is InChI=1S/C11H13F3N2OS/c1-3-16(2)10(17)7-18-9-5-4-8(6-15-9)11(12,13)14/h4-6H,3,7H2,1-2H3. The molecule has 0 spiro atoms. The Labute approximate surface area is 107 Å². The smallest absolute Gasteiger partial charge is 0.345 e. The molecule has 3 nitrogen and oxygen atoms in total. The first-order valence-corrected chi connectivity index (χ1v) is 6.23. The van der Waals surface area contributed by atoms with E-state index in [1.54, 1.807) is 7.05 Å². The molecule has 0 radical (unpaired) electrons. The third-order valence-corrected chi connectivity index (χ3v) is 3.24. The van der Waals surface area contributed by atoms with Gasteiger partial charge in [-0.05, 0) is 19.1 Å². The highest BCUT2D eigenvalue weighted by Crippen LogP contribution is 2.29. The zero-order chi connectivity index (χ0) is 13.8. The number of thioether (sulfide) groups is 1. The number of alkyl halides is 3. The van der Waals surface area contributed by atoms with Gasteiger partial charge >= 0.3 is 6.18 Å². The number of carbonyl (C=O) groups excluding carboxylic acids is 1. The van der Waals surface area contributed by atoms with E-state index in [-0.39, 0.29) is 11.7 Å². The highest BCUT2D eigenvalue weighted by molar-refractivity contribution is 7.99. The Morgan fingerprint density at radius 2 is 2.11 bits per heavy atom. The quantitative estimate of drug-likeness (QED) is 0.794. The fourth-order valence-electron chi connectivity index (χ4n) is 1.06. The molecule has 0 saturated carbocycles. The van der Waals surface area contributed by atoms with Crippen LogP contribution < -0.4 is 0 Å². The Balaban J connectivity index is 2.57. The Morgan fingerprint density at radius 3 is 2.56 bits per heavy atom. The molecule has 1 rings (SSSR count). The second-order valence-corrected chi connectivity index (χ2v) is 4.58. The van der Waals surface area contributed by atoms with Crippen LogP contribution in [0, 0.1) is 0 Å². The summed E-state index contributed by atoms with van der Waals surface area (Å²) in [5, 5.41) is 0.404. The fraction of sp³-hybridized carbons (Fsp3) is 0.455. The zero-order valence-corrected chi connectivity index (χ0v) is 10.8. The first kappa shape index (κ1) is 14.8. The molecule has 0 N–H and O–H groups in total. The lowest BCUT2D eigenvalue weighted by Crippen LogP contribution is -2.27. The van der Waals surface area contributed by atoms with E-state index in [0.29, 0.717) is 11.6 Å². The maximum atomic E-state index is 12.3. The van der Waals surface area contributed by atoms with E-state index in [9.17, 15) is 18.0 Å². The van der Waals surface area contributed by atoms with E-state index >= 15 is 0 Å². The van der Waals surface area contributed by atoms with Crippen LogP contribution in [0.3, 0.4) is 0 Å². The molecule has 1 aromatic rings. The van der Waals surface area contributed by atoms with E-state index < -0.39 is 11.7 Å². The summed E-state index contributed by atoms with van der Waals surface area (Å²) in [6, 6.07) is 2.23. The first-order valence-electron chi connectivity index (χ1n) is 5.24. The van der Waals surface area contributed by atoms with Crippen molar-refractivity contribution >= 4 is 17.7 Å². The van der Waals surface area contributed by atoms with Crippen molar-refractivity contribution in [3.8, 4) is 0 Å². The lowest BCUT2D eigenvalue weighted by atomic mass is 10.3. The molecule has 1 aromatic heterocycles. The number of halogens is 3. The average molecular weight is 278 g/mol. The van der Waals surface area contributed by atoms with Gasteiger partial charge in [0.1, 0.15) is 0 Å². The van der Waals surface area contributed by atoms with Crippen molar-refractivity contribution in [3.63, 3.8) is 0 Å². The lowest BCUT2D eigenvalue weighted by molar-refractivity contribution is -0.138. The Kier molecular flexibility index (Phi) is 5.01. The first-order chi connectivity index (χ1) is 8.34. The topological polar surface area (TPSA) is 33.2 Å². The van der Waals surface area contributed by atoms with Gasteiger partial charge in [0.25, 0.3) is 0 Å². The predicted molar refractivity (Wildman–Crippen MR) is 63.3 cm³/mol. The number of hydrogen-bond donors (Lipinski definition) is 0. The number of pyridine rings is 1. The maximum Gasteiger partial charge on any atom is 0.417 e. The number of rotatable bonds is 4. The Morgan fingerprint density at radius 1 is 1.44 bits per heavy atom. The van der Waals surface area contributed by atoms with Crippen LogP contribution in [0.15, 0.2) is 23.4 Å². The summed E-state index contributed by atoms with van der Waals surface area (Å²) in [6.07, 6.45) is -3.61. The van der Waals surface area contributed by atoms with Crippen LogP contribution in [-0.4, -0.2) is 35.1 Å². The van der Waals surface area contributed by atoms with Gasteiger partial charge in [0.15, 0.2) is 0 Å². The molecule has 7 heteroatoms.